The number of nitrogens with zero attached hydrogens (tertiary/aromatic N) is 8. The van der Waals surface area contributed by atoms with Crippen molar-refractivity contribution in [2.75, 3.05) is 0 Å². The van der Waals surface area contributed by atoms with Crippen LogP contribution >= 0.6 is 0 Å². The molecule has 0 saturated heterocycles. The number of hydrogen-bond donors (Lipinski definition) is 0. The van der Waals surface area contributed by atoms with Crippen molar-refractivity contribution in [2.45, 2.75) is 54.7 Å². The van der Waals surface area contributed by atoms with Crippen LogP contribution in [-0.4, -0.2) is 39.9 Å². The van der Waals surface area contributed by atoms with E-state index in [1.54, 1.807) is 36.5 Å². The predicted octanol–water partition coefficient (Wildman–Crippen LogP) is 34.1. The molecule has 24 aromatic rings. The van der Waals surface area contributed by atoms with Crippen LogP contribution in [0.5, 0.6) is 0 Å². The molecule has 0 spiro atoms. The molecule has 0 aliphatic heterocycles. The van der Waals surface area contributed by atoms with Crippen LogP contribution in [0.25, 0.3) is 178 Å². The number of hydrogen-bond acceptors (Lipinski definition) is 8. The minimum Gasteiger partial charge on any atom is -0.305 e. The molecule has 16 aromatic carbocycles. The number of aryl methyl sites for hydroxylation is 7. The summed E-state index contributed by atoms with van der Waals surface area (Å²) in [6.45, 7) is 6.44. The second-order valence-electron chi connectivity index (χ2n) is 33.8. The van der Waals surface area contributed by atoms with Crippen LogP contribution in [0, 0.1) is 89.9 Å². The van der Waals surface area contributed by atoms with Gasteiger partial charge in [-0.3, -0.25) is 0 Å². The zero-order chi connectivity index (χ0) is 104. The zero-order valence-electron chi connectivity index (χ0n) is 87.9. The summed E-state index contributed by atoms with van der Waals surface area (Å²) < 4.78 is 43.7. The maximum Gasteiger partial charge on any atom is 0.0280 e. The molecule has 0 fully saturated rings. The van der Waals surface area contributed by atoms with Crippen molar-refractivity contribution in [3.05, 3.63) is 580 Å². The molecular formula is C136H104Ir4N8-8. The Morgan fingerprint density at radius 1 is 0.209 bits per heavy atom. The van der Waals surface area contributed by atoms with Crippen molar-refractivity contribution in [1.29, 1.82) is 0 Å². The van der Waals surface area contributed by atoms with Crippen LogP contribution in [-0.2, 0) is 86.8 Å². The zero-order valence-corrected chi connectivity index (χ0v) is 91.5. The monoisotopic (exact) mass is 2630 g/mol. The van der Waals surface area contributed by atoms with Crippen molar-refractivity contribution >= 4 is 43.1 Å². The van der Waals surface area contributed by atoms with Gasteiger partial charge < -0.3 is 39.9 Å². The van der Waals surface area contributed by atoms with E-state index in [2.05, 4.69) is 311 Å². The van der Waals surface area contributed by atoms with Gasteiger partial charge in [-0.1, -0.05) is 249 Å². The van der Waals surface area contributed by atoms with E-state index in [-0.39, 0.29) is 86.0 Å². The molecule has 0 saturated carbocycles. The first kappa shape index (κ1) is 101. The average Bonchev–Trinajstić information content (AvgIpc) is 0.798. The molecule has 8 heterocycles. The summed E-state index contributed by atoms with van der Waals surface area (Å²) in [5, 5.41) is 10.1. The Morgan fingerprint density at radius 3 is 0.797 bits per heavy atom. The second kappa shape index (κ2) is 56.2. The summed E-state index contributed by atoms with van der Waals surface area (Å²) in [5.41, 5.74) is 31.4. The molecular weight excluding hydrogens is 2510 g/mol. The normalized spacial score (nSPS) is 11.0. The Hall–Kier alpha value is -15.6. The Bertz CT molecular complexity index is 8090. The topological polar surface area (TPSA) is 103 Å². The maximum absolute atomic E-state index is 7.33. The van der Waals surface area contributed by atoms with Crippen molar-refractivity contribution in [2.24, 2.45) is 0 Å². The molecule has 24 rings (SSSR count). The van der Waals surface area contributed by atoms with Gasteiger partial charge in [0.15, 0.2) is 0 Å². The van der Waals surface area contributed by atoms with Gasteiger partial charge in [-0.15, -0.1) is 287 Å². The molecule has 148 heavy (non-hydrogen) atoms. The molecule has 0 bridgehead atoms. The van der Waals surface area contributed by atoms with E-state index in [1.165, 1.54) is 128 Å². The Labute approximate surface area is 932 Å². The van der Waals surface area contributed by atoms with Gasteiger partial charge in [-0.05, 0) is 205 Å². The standard InChI is InChI=1S/C23H18N.3C22H16N.3C12H10N.C11H8N.4Ir/c1-2-17-15-23(19-10-4-3-5-11-19)24-16-22(17)21-14-8-12-18-9-6-7-13-20(18)21;3*1-16-14-22(18-9-3-2-4-10-18)23-15-21(16)20-13-7-11-17-8-5-6-12-19(17)20;1-10-6-5-9-12(13-10)11-7-3-2-4-8-11;1-10-7-8-13-12(9-10)11-5-3-2-4-6-11;1-10-7-8-12(13-9-10)11-5-3-2-4-6-11;1-2-6-10(7-3-1)11-8-4-5-9-12-11;;;;/h3-10,12-16H,2H2,1H3;3*2-9,11-15H,1H3;2-7,9H,1H3;2*2-5,7-9H,1H3;1-6,8-9H;;;;/q8*-1;;;;/i;;;;;2*1D3;;;;;. The van der Waals surface area contributed by atoms with E-state index < -0.39 is 13.7 Å². The van der Waals surface area contributed by atoms with E-state index in [0.717, 1.165) is 96.5 Å². The van der Waals surface area contributed by atoms with Crippen molar-refractivity contribution in [3.8, 4) is 135 Å². The van der Waals surface area contributed by atoms with Crippen molar-refractivity contribution in [1.82, 2.24) is 39.9 Å². The SMILES string of the molecule is CCc1cc(-c2[c-]cccc2)ncc1-c1cccc2ccccc12.Cc1cc(-c2[c-]cccc2)ncc1-c1cccc2ccccc12.Cc1cc(-c2[c-]cccc2)ncc1-c1cccc2ccccc12.Cc1cc(-c2[c-]cccc2)ncc1-c1cccc2ccccc12.Cc1cccc(-c2[c-]cccc2)n1.[2H]C([2H])([2H])c1ccc(-c2[c-]cccc2)nc1.[2H]C([2H])([2H])c1ccnc(-c2[c-]cccc2)c1.[Ir].[Ir].[Ir].[Ir].[c-]1ccccc1-c1ccccn1. The molecule has 732 valence electrons. The number of benzene rings is 16. The van der Waals surface area contributed by atoms with Gasteiger partial charge in [0.25, 0.3) is 0 Å². The summed E-state index contributed by atoms with van der Waals surface area (Å²) in [6, 6.07) is 174. The van der Waals surface area contributed by atoms with E-state index in [4.69, 9.17) is 13.2 Å². The van der Waals surface area contributed by atoms with Gasteiger partial charge in [0.05, 0.1) is 0 Å². The molecule has 0 unspecified atom stereocenters. The number of aromatic nitrogens is 8. The smallest absolute Gasteiger partial charge is 0.0280 e. The molecule has 0 aliphatic carbocycles. The van der Waals surface area contributed by atoms with Crippen LogP contribution in [0.1, 0.15) is 54.2 Å². The third-order valence-corrected chi connectivity index (χ3v) is 24.0. The molecule has 12 heteroatoms. The Kier molecular flexibility index (Phi) is 38.3. The van der Waals surface area contributed by atoms with E-state index in [0.29, 0.717) is 11.3 Å². The minimum atomic E-state index is -2.09. The summed E-state index contributed by atoms with van der Waals surface area (Å²) in [6.07, 6.45) is 13.6. The fraction of sp³-hybridized carbons (Fsp3) is 0.0588. The summed E-state index contributed by atoms with van der Waals surface area (Å²) in [4.78, 5) is 35.6. The molecule has 0 aliphatic rings. The first-order valence-electron chi connectivity index (χ1n) is 50.7. The van der Waals surface area contributed by atoms with Crippen molar-refractivity contribution in [3.63, 3.8) is 0 Å². The van der Waals surface area contributed by atoms with Gasteiger partial charge in [-0.25, -0.2) is 0 Å². The fourth-order valence-corrected chi connectivity index (χ4v) is 16.7. The summed E-state index contributed by atoms with van der Waals surface area (Å²) in [5.74, 6) is 0. The Morgan fingerprint density at radius 2 is 0.486 bits per heavy atom. The number of fused-ring (bicyclic) bond motifs is 4. The third-order valence-electron chi connectivity index (χ3n) is 24.0. The first-order chi connectivity index (χ1) is 73.3. The summed E-state index contributed by atoms with van der Waals surface area (Å²) in [7, 11) is 0. The van der Waals surface area contributed by atoms with E-state index >= 15 is 0 Å². The van der Waals surface area contributed by atoms with Gasteiger partial charge >= 0.3 is 0 Å². The second-order valence-corrected chi connectivity index (χ2v) is 33.8. The molecule has 0 amide bonds. The van der Waals surface area contributed by atoms with E-state index in [1.807, 2.05) is 244 Å². The molecule has 0 N–H and O–H groups in total. The molecule has 0 atom stereocenters. The number of rotatable bonds is 13. The molecule has 4 radical (unpaired) electrons. The molecule has 8 aromatic heterocycles. The van der Waals surface area contributed by atoms with Crippen molar-refractivity contribution < 1.29 is 88.6 Å². The minimum absolute atomic E-state index is 0. The van der Waals surface area contributed by atoms with E-state index in [9.17, 15) is 0 Å². The fourth-order valence-electron chi connectivity index (χ4n) is 16.7. The predicted molar refractivity (Wildman–Crippen MR) is 598 cm³/mol. The largest absolute Gasteiger partial charge is 0.305 e. The average molecular weight is 2630 g/mol. The van der Waals surface area contributed by atoms with Gasteiger partial charge in [0.1, 0.15) is 0 Å². The van der Waals surface area contributed by atoms with Crippen LogP contribution in [0.4, 0.5) is 0 Å². The quantitative estimate of drug-likeness (QED) is 0.105. The van der Waals surface area contributed by atoms with Gasteiger partial charge in [0.2, 0.25) is 0 Å². The first-order valence-corrected chi connectivity index (χ1v) is 47.7. The number of pyridine rings is 8. The van der Waals surface area contributed by atoms with Crippen LogP contribution in [0.2, 0.25) is 0 Å². The molecule has 8 nitrogen and oxygen atoms in total. The van der Waals surface area contributed by atoms with Crippen LogP contribution in [0.15, 0.2) is 492 Å². The van der Waals surface area contributed by atoms with Gasteiger partial charge in [0, 0.05) is 160 Å². The maximum atomic E-state index is 7.33. The van der Waals surface area contributed by atoms with Crippen LogP contribution < -0.4 is 0 Å². The summed E-state index contributed by atoms with van der Waals surface area (Å²) >= 11 is 0. The third kappa shape index (κ3) is 29.4. The Balaban J connectivity index is 0.000000147. The van der Waals surface area contributed by atoms with Crippen LogP contribution in [0.3, 0.4) is 0 Å². The van der Waals surface area contributed by atoms with Gasteiger partial charge in [-0.2, -0.15) is 0 Å².